The number of benzene rings is 2. The molecule has 0 aliphatic rings. The summed E-state index contributed by atoms with van der Waals surface area (Å²) in [4.78, 5) is 13.4. The van der Waals surface area contributed by atoms with Gasteiger partial charge in [-0.05, 0) is 24.3 Å². The molecule has 3 aromatic rings. The van der Waals surface area contributed by atoms with Crippen LogP contribution in [0.15, 0.2) is 57.9 Å². The summed E-state index contributed by atoms with van der Waals surface area (Å²) in [6.45, 7) is 0. The van der Waals surface area contributed by atoms with E-state index in [4.69, 9.17) is 16.3 Å². The van der Waals surface area contributed by atoms with E-state index in [2.05, 4.69) is 9.46 Å². The highest BCUT2D eigenvalue weighted by molar-refractivity contribution is 7.93. The summed E-state index contributed by atoms with van der Waals surface area (Å²) in [6.07, 6.45) is 2.74. The lowest BCUT2D eigenvalue weighted by atomic mass is 10.0. The lowest BCUT2D eigenvalue weighted by molar-refractivity contribution is 0.103. The van der Waals surface area contributed by atoms with Crippen LogP contribution in [0, 0.1) is 0 Å². The van der Waals surface area contributed by atoms with Crippen LogP contribution in [0.4, 0.5) is 5.69 Å². The van der Waals surface area contributed by atoms with Gasteiger partial charge < -0.3 is 9.84 Å². The zero-order valence-electron chi connectivity index (χ0n) is 15.4. The predicted octanol–water partition coefficient (Wildman–Crippen LogP) is 3.81. The fraction of sp³-hybridized carbons (Fsp3) is 0.158. The van der Waals surface area contributed by atoms with Gasteiger partial charge in [-0.25, -0.2) is 8.89 Å². The topological polar surface area (TPSA) is 93.8 Å². The van der Waals surface area contributed by atoms with E-state index in [1.165, 1.54) is 43.4 Å². The molecule has 0 aliphatic heterocycles. The van der Waals surface area contributed by atoms with Gasteiger partial charge in [0, 0.05) is 23.8 Å². The number of rotatable bonds is 5. The molecule has 28 heavy (non-hydrogen) atoms. The number of hydrogen-bond acceptors (Lipinski definition) is 6. The van der Waals surface area contributed by atoms with Crippen molar-refractivity contribution in [3.8, 4) is 11.6 Å². The van der Waals surface area contributed by atoms with E-state index in [0.29, 0.717) is 4.90 Å². The Balaban J connectivity index is 2.18. The Morgan fingerprint density at radius 3 is 2.46 bits per heavy atom. The highest BCUT2D eigenvalue weighted by Crippen LogP contribution is 2.40. The molecule has 1 heterocycles. The van der Waals surface area contributed by atoms with Crippen molar-refractivity contribution in [2.45, 2.75) is 4.90 Å². The number of aromatic hydroxyl groups is 1. The third-order valence-corrected chi connectivity index (χ3v) is 6.20. The second kappa shape index (κ2) is 7.65. The van der Waals surface area contributed by atoms with Crippen LogP contribution in [-0.2, 0) is 16.8 Å². The first kappa shape index (κ1) is 19.9. The van der Waals surface area contributed by atoms with Crippen molar-refractivity contribution in [2.24, 2.45) is 11.4 Å². The van der Waals surface area contributed by atoms with E-state index in [9.17, 15) is 14.1 Å². The van der Waals surface area contributed by atoms with Crippen molar-refractivity contribution in [1.29, 1.82) is 0 Å². The molecule has 0 bridgehead atoms. The van der Waals surface area contributed by atoms with Crippen LogP contribution in [0.5, 0.6) is 11.6 Å². The van der Waals surface area contributed by atoms with Gasteiger partial charge in [-0.1, -0.05) is 29.8 Å². The first-order chi connectivity index (χ1) is 13.3. The number of nitrogens with zero attached hydrogens (tertiary/aromatic N) is 3. The third-order valence-electron chi connectivity index (χ3n) is 4.14. The molecule has 1 aromatic heterocycles. The molecule has 0 amide bonds. The minimum atomic E-state index is -2.85. The van der Waals surface area contributed by atoms with E-state index < -0.39 is 15.5 Å². The van der Waals surface area contributed by atoms with Gasteiger partial charge >= 0.3 is 0 Å². The Bertz CT molecular complexity index is 1170. The fourth-order valence-corrected chi connectivity index (χ4v) is 4.24. The van der Waals surface area contributed by atoms with Crippen molar-refractivity contribution in [3.05, 3.63) is 64.8 Å². The average molecular weight is 420 g/mol. The van der Waals surface area contributed by atoms with E-state index in [0.717, 1.165) is 0 Å². The number of hydrogen-bond donors (Lipinski definition) is 1. The number of methoxy groups -OCH3 is 1. The Kier molecular flexibility index (Phi) is 5.44. The van der Waals surface area contributed by atoms with Crippen molar-refractivity contribution in [1.82, 2.24) is 9.78 Å². The summed E-state index contributed by atoms with van der Waals surface area (Å²) in [6, 6.07) is 11.7. The Morgan fingerprint density at radius 2 is 1.89 bits per heavy atom. The van der Waals surface area contributed by atoms with E-state index in [1.54, 1.807) is 24.3 Å². The highest BCUT2D eigenvalue weighted by Gasteiger charge is 2.23. The number of ketones is 1. The number of aromatic nitrogens is 2. The summed E-state index contributed by atoms with van der Waals surface area (Å²) in [5, 5.41) is 13.8. The van der Waals surface area contributed by atoms with Gasteiger partial charge in [0.2, 0.25) is 11.7 Å². The molecule has 0 aliphatic carbocycles. The molecule has 0 saturated heterocycles. The van der Waals surface area contributed by atoms with Crippen molar-refractivity contribution < 1.29 is 18.8 Å². The van der Waals surface area contributed by atoms with E-state index in [1.807, 2.05) is 6.07 Å². The van der Waals surface area contributed by atoms with Crippen molar-refractivity contribution in [3.63, 3.8) is 0 Å². The average Bonchev–Trinajstić information content (AvgIpc) is 3.02. The number of ether oxygens (including phenoxy) is 1. The summed E-state index contributed by atoms with van der Waals surface area (Å²) in [5.74, 6) is -0.529. The molecule has 0 radical (unpaired) electrons. The maximum Gasteiger partial charge on any atom is 0.220 e. The van der Waals surface area contributed by atoms with Gasteiger partial charge in [-0.2, -0.15) is 9.46 Å². The first-order valence-corrected chi connectivity index (χ1v) is 10.5. The van der Waals surface area contributed by atoms with Crippen LogP contribution >= 0.6 is 11.6 Å². The number of aryl methyl sites for hydroxylation is 1. The number of halogens is 1. The van der Waals surface area contributed by atoms with Crippen molar-refractivity contribution >= 4 is 32.8 Å². The van der Waals surface area contributed by atoms with Crippen LogP contribution in [0.3, 0.4) is 0 Å². The molecule has 0 saturated carbocycles. The standard InChI is InChI=1S/C19H18ClN3O4S/c1-23-19(25)14(11-21-23)18(24)13-9-10-15(27-2)17(16(13)20)22-28(3,26)12-7-5-4-6-8-12/h4-11,25H,1-3H3. The van der Waals surface area contributed by atoms with Crippen LogP contribution in [0.2, 0.25) is 5.02 Å². The van der Waals surface area contributed by atoms with Gasteiger partial charge in [-0.3, -0.25) is 4.79 Å². The van der Waals surface area contributed by atoms with Crippen LogP contribution in [0.1, 0.15) is 15.9 Å². The van der Waals surface area contributed by atoms with Gasteiger partial charge in [0.15, 0.2) is 0 Å². The van der Waals surface area contributed by atoms with Crippen molar-refractivity contribution in [2.75, 3.05) is 13.4 Å². The zero-order chi connectivity index (χ0) is 20.5. The van der Waals surface area contributed by atoms with Crippen LogP contribution in [-0.4, -0.2) is 38.2 Å². The molecule has 3 rings (SSSR count). The van der Waals surface area contributed by atoms with E-state index in [-0.39, 0.29) is 33.5 Å². The Hall–Kier alpha value is -2.84. The fourth-order valence-electron chi connectivity index (χ4n) is 2.61. The summed E-state index contributed by atoms with van der Waals surface area (Å²) < 4.78 is 24.0. The monoisotopic (exact) mass is 419 g/mol. The predicted molar refractivity (Wildman–Crippen MR) is 107 cm³/mol. The number of carbonyl (C=O) groups is 1. The summed E-state index contributed by atoms with van der Waals surface area (Å²) in [7, 11) is 0.0920. The maximum atomic E-state index is 13.2. The molecular weight excluding hydrogens is 402 g/mol. The molecule has 2 aromatic carbocycles. The van der Waals surface area contributed by atoms with E-state index >= 15 is 0 Å². The van der Waals surface area contributed by atoms with Gasteiger partial charge in [0.05, 0.1) is 28.1 Å². The van der Waals surface area contributed by atoms with Crippen LogP contribution in [0.25, 0.3) is 0 Å². The minimum absolute atomic E-state index is 0.000748. The summed E-state index contributed by atoms with van der Waals surface area (Å²) >= 11 is 6.46. The SMILES string of the molecule is COc1ccc(C(=O)c2cnn(C)c2O)c(Cl)c1N=S(C)(=O)c1ccccc1. The second-order valence-corrected chi connectivity index (χ2v) is 8.66. The first-order valence-electron chi connectivity index (χ1n) is 8.15. The normalized spacial score (nSPS) is 13.0. The Labute approximate surface area is 167 Å². The molecule has 146 valence electrons. The molecule has 0 fully saturated rings. The molecule has 0 spiro atoms. The minimum Gasteiger partial charge on any atom is -0.494 e. The maximum absolute atomic E-state index is 13.2. The lowest BCUT2D eigenvalue weighted by Gasteiger charge is -2.12. The summed E-state index contributed by atoms with van der Waals surface area (Å²) in [5.41, 5.74) is 0.198. The zero-order valence-corrected chi connectivity index (χ0v) is 17.0. The smallest absolute Gasteiger partial charge is 0.220 e. The Morgan fingerprint density at radius 1 is 1.21 bits per heavy atom. The largest absolute Gasteiger partial charge is 0.494 e. The molecule has 7 nitrogen and oxygen atoms in total. The second-order valence-electron chi connectivity index (χ2n) is 6.02. The lowest BCUT2D eigenvalue weighted by Crippen LogP contribution is -2.03. The van der Waals surface area contributed by atoms with Gasteiger partial charge in [0.1, 0.15) is 17.0 Å². The molecule has 1 atom stereocenters. The molecule has 9 heteroatoms. The molecule has 1 unspecified atom stereocenters. The third kappa shape index (κ3) is 3.61. The molecular formula is C19H18ClN3O4S. The van der Waals surface area contributed by atoms with Gasteiger partial charge in [-0.15, -0.1) is 0 Å². The molecule has 1 N–H and O–H groups in total. The highest BCUT2D eigenvalue weighted by atomic mass is 35.5. The van der Waals surface area contributed by atoms with Crippen LogP contribution < -0.4 is 4.74 Å². The quantitative estimate of drug-likeness (QED) is 0.634. The van der Waals surface area contributed by atoms with Gasteiger partial charge in [0.25, 0.3) is 0 Å². The number of carbonyl (C=O) groups excluding carboxylic acids is 1.